The van der Waals surface area contributed by atoms with E-state index in [2.05, 4.69) is 10.8 Å². The van der Waals surface area contributed by atoms with Gasteiger partial charge in [-0.3, -0.25) is 0 Å². The molecule has 2 nitrogen and oxygen atoms in total. The molecule has 0 unspecified atom stereocenters. The van der Waals surface area contributed by atoms with Crippen LogP contribution in [0.1, 0.15) is 12.8 Å². The maximum Gasteiger partial charge on any atom is 0.137 e. The smallest absolute Gasteiger partial charge is 0.137 e. The minimum Gasteiger partial charge on any atom is -0.376 e. The molecule has 0 radical (unpaired) electrons. The van der Waals surface area contributed by atoms with Crippen LogP contribution in [-0.2, 0) is 0 Å². The van der Waals surface area contributed by atoms with Crippen LogP contribution < -0.4 is 0 Å². The van der Waals surface area contributed by atoms with Crippen molar-refractivity contribution in [3.8, 4) is 12.3 Å². The lowest BCUT2D eigenvalue weighted by Gasteiger charge is -2.33. The van der Waals surface area contributed by atoms with Gasteiger partial charge < -0.3 is 10.0 Å². The highest BCUT2D eigenvalue weighted by Gasteiger charge is 2.28. The van der Waals surface area contributed by atoms with Crippen LogP contribution in [0.5, 0.6) is 0 Å². The van der Waals surface area contributed by atoms with Gasteiger partial charge in [0.05, 0.1) is 0 Å². The first-order valence-corrected chi connectivity index (χ1v) is 3.55. The number of likely N-dealkylation sites (N-methyl/N-ethyl adjacent to an activating group) is 1. The van der Waals surface area contributed by atoms with E-state index in [0.29, 0.717) is 6.54 Å². The van der Waals surface area contributed by atoms with Gasteiger partial charge in [-0.15, -0.1) is 6.42 Å². The molecule has 1 aliphatic rings. The zero-order chi connectivity index (χ0) is 7.61. The largest absolute Gasteiger partial charge is 0.376 e. The van der Waals surface area contributed by atoms with Crippen LogP contribution >= 0.6 is 0 Å². The van der Waals surface area contributed by atoms with Crippen LogP contribution in [0.15, 0.2) is 0 Å². The molecule has 10 heavy (non-hydrogen) atoms. The molecule has 0 saturated carbocycles. The molecule has 1 N–H and O–H groups in total. The summed E-state index contributed by atoms with van der Waals surface area (Å²) in [4.78, 5) is 2.06. The van der Waals surface area contributed by atoms with Crippen LogP contribution in [-0.4, -0.2) is 35.7 Å². The summed E-state index contributed by atoms with van der Waals surface area (Å²) in [6.45, 7) is 1.66. The Morgan fingerprint density at radius 3 is 2.80 bits per heavy atom. The molecule has 0 aromatic carbocycles. The number of likely N-dealkylation sites (tertiary alicyclic amines) is 1. The molecule has 1 atom stereocenters. The van der Waals surface area contributed by atoms with Gasteiger partial charge in [0, 0.05) is 6.54 Å². The van der Waals surface area contributed by atoms with Crippen molar-refractivity contribution in [2.45, 2.75) is 18.4 Å². The molecule has 56 valence electrons. The van der Waals surface area contributed by atoms with E-state index in [4.69, 9.17) is 6.42 Å². The Bertz CT molecular complexity index is 161. The summed E-state index contributed by atoms with van der Waals surface area (Å²) in [6, 6.07) is 0. The average Bonchev–Trinajstić information content (AvgIpc) is 1.88. The van der Waals surface area contributed by atoms with E-state index in [1.807, 2.05) is 7.05 Å². The second-order valence-corrected chi connectivity index (χ2v) is 3.02. The van der Waals surface area contributed by atoms with Crippen LogP contribution in [0.2, 0.25) is 0 Å². The normalized spacial score (nSPS) is 35.3. The molecule has 0 aromatic heterocycles. The third-order valence-corrected chi connectivity index (χ3v) is 1.93. The Kier molecular flexibility index (Phi) is 1.98. The van der Waals surface area contributed by atoms with E-state index in [1.54, 1.807) is 0 Å². The van der Waals surface area contributed by atoms with Crippen molar-refractivity contribution in [2.75, 3.05) is 20.1 Å². The first kappa shape index (κ1) is 7.59. The summed E-state index contributed by atoms with van der Waals surface area (Å²) >= 11 is 0. The topological polar surface area (TPSA) is 23.5 Å². The molecule has 0 amide bonds. The maximum atomic E-state index is 9.57. The number of aliphatic hydroxyl groups is 1. The van der Waals surface area contributed by atoms with E-state index >= 15 is 0 Å². The van der Waals surface area contributed by atoms with Gasteiger partial charge in [0.2, 0.25) is 0 Å². The number of rotatable bonds is 0. The van der Waals surface area contributed by atoms with E-state index in [-0.39, 0.29) is 0 Å². The van der Waals surface area contributed by atoms with Gasteiger partial charge in [0.1, 0.15) is 5.60 Å². The lowest BCUT2D eigenvalue weighted by atomic mass is 9.94. The Hall–Kier alpha value is -0.520. The number of hydrogen-bond donors (Lipinski definition) is 1. The highest BCUT2D eigenvalue weighted by atomic mass is 16.3. The van der Waals surface area contributed by atoms with E-state index in [0.717, 1.165) is 19.4 Å². The minimum absolute atomic E-state index is 0.615. The maximum absolute atomic E-state index is 9.57. The molecule has 0 aromatic rings. The third-order valence-electron chi connectivity index (χ3n) is 1.93. The van der Waals surface area contributed by atoms with Crippen molar-refractivity contribution in [3.63, 3.8) is 0 Å². The van der Waals surface area contributed by atoms with Crippen molar-refractivity contribution in [1.82, 2.24) is 4.90 Å². The number of terminal acetylenes is 1. The fourth-order valence-electron chi connectivity index (χ4n) is 1.36. The fraction of sp³-hybridized carbons (Fsp3) is 0.750. The molecule has 1 heterocycles. The van der Waals surface area contributed by atoms with Crippen molar-refractivity contribution >= 4 is 0 Å². The molecule has 1 fully saturated rings. The number of hydrogen-bond acceptors (Lipinski definition) is 2. The van der Waals surface area contributed by atoms with Crippen molar-refractivity contribution < 1.29 is 5.11 Å². The van der Waals surface area contributed by atoms with Gasteiger partial charge in [-0.1, -0.05) is 5.92 Å². The molecule has 0 aliphatic carbocycles. The Morgan fingerprint density at radius 2 is 2.40 bits per heavy atom. The van der Waals surface area contributed by atoms with Crippen molar-refractivity contribution in [3.05, 3.63) is 0 Å². The SMILES string of the molecule is C#C[C@]1(O)CCCN(C)C1. The van der Waals surface area contributed by atoms with Gasteiger partial charge in [-0.05, 0) is 26.4 Å². The molecule has 1 rings (SSSR count). The Balaban J connectivity index is 2.56. The summed E-state index contributed by atoms with van der Waals surface area (Å²) in [5, 5.41) is 9.57. The van der Waals surface area contributed by atoms with Crippen molar-refractivity contribution in [1.29, 1.82) is 0 Å². The van der Waals surface area contributed by atoms with Crippen LogP contribution in [0, 0.1) is 12.3 Å². The summed E-state index contributed by atoms with van der Waals surface area (Å²) in [5.74, 6) is 2.42. The predicted octanol–water partition coefficient (Wildman–Crippen LogP) is 0.0763. The standard InChI is InChI=1S/C8H13NO/c1-3-8(10)5-4-6-9(2)7-8/h1,10H,4-7H2,2H3/t8-/m0/s1. The zero-order valence-electron chi connectivity index (χ0n) is 6.30. The van der Waals surface area contributed by atoms with Crippen LogP contribution in [0.4, 0.5) is 0 Å². The average molecular weight is 139 g/mol. The molecule has 1 saturated heterocycles. The summed E-state index contributed by atoms with van der Waals surface area (Å²) in [5.41, 5.74) is -0.854. The lowest BCUT2D eigenvalue weighted by Crippen LogP contribution is -2.45. The summed E-state index contributed by atoms with van der Waals surface area (Å²) in [6.07, 6.45) is 6.91. The summed E-state index contributed by atoms with van der Waals surface area (Å²) in [7, 11) is 1.97. The molecule has 0 spiro atoms. The fourth-order valence-corrected chi connectivity index (χ4v) is 1.36. The molecular weight excluding hydrogens is 126 g/mol. The number of β-amino-alcohol motifs (C(OH)–C–C–N with tert-alkyl or cyclic N) is 1. The van der Waals surface area contributed by atoms with Gasteiger partial charge in [-0.2, -0.15) is 0 Å². The zero-order valence-corrected chi connectivity index (χ0v) is 6.30. The molecular formula is C8H13NO. The van der Waals surface area contributed by atoms with Gasteiger partial charge in [0.25, 0.3) is 0 Å². The van der Waals surface area contributed by atoms with Crippen LogP contribution in [0.25, 0.3) is 0 Å². The first-order chi connectivity index (χ1) is 4.66. The highest BCUT2D eigenvalue weighted by Crippen LogP contribution is 2.18. The number of piperidine rings is 1. The highest BCUT2D eigenvalue weighted by molar-refractivity contribution is 5.09. The van der Waals surface area contributed by atoms with Gasteiger partial charge in [0.15, 0.2) is 0 Å². The number of nitrogens with zero attached hydrogens (tertiary/aromatic N) is 1. The lowest BCUT2D eigenvalue weighted by molar-refractivity contribution is 0.0264. The first-order valence-electron chi connectivity index (χ1n) is 3.55. The predicted molar refractivity (Wildman–Crippen MR) is 40.5 cm³/mol. The molecule has 1 aliphatic heterocycles. The van der Waals surface area contributed by atoms with E-state index in [9.17, 15) is 5.11 Å². The van der Waals surface area contributed by atoms with Crippen molar-refractivity contribution in [2.24, 2.45) is 0 Å². The van der Waals surface area contributed by atoms with E-state index in [1.165, 1.54) is 0 Å². The third kappa shape index (κ3) is 1.50. The quantitative estimate of drug-likeness (QED) is 0.480. The van der Waals surface area contributed by atoms with Gasteiger partial charge in [-0.25, -0.2) is 0 Å². The van der Waals surface area contributed by atoms with E-state index < -0.39 is 5.60 Å². The molecule has 2 heteroatoms. The van der Waals surface area contributed by atoms with Crippen LogP contribution in [0.3, 0.4) is 0 Å². The monoisotopic (exact) mass is 139 g/mol. The summed E-state index contributed by atoms with van der Waals surface area (Å²) < 4.78 is 0. The second-order valence-electron chi connectivity index (χ2n) is 3.02. The second kappa shape index (κ2) is 2.61. The Morgan fingerprint density at radius 1 is 1.70 bits per heavy atom. The van der Waals surface area contributed by atoms with Gasteiger partial charge >= 0.3 is 0 Å². The Labute approximate surface area is 61.8 Å². The minimum atomic E-state index is -0.854. The molecule has 0 bridgehead atoms.